The van der Waals surface area contributed by atoms with Gasteiger partial charge in [-0.15, -0.1) is 0 Å². The van der Waals surface area contributed by atoms with Crippen LogP contribution in [0.1, 0.15) is 59.3 Å². The van der Waals surface area contributed by atoms with Crippen LogP contribution in [0.25, 0.3) is 0 Å². The number of nitrogens with zero attached hydrogens (tertiary/aromatic N) is 1. The summed E-state index contributed by atoms with van der Waals surface area (Å²) in [6.07, 6.45) is 8.46. The molecule has 0 aromatic carbocycles. The van der Waals surface area contributed by atoms with E-state index in [1.807, 2.05) is 0 Å². The Morgan fingerprint density at radius 3 is 2.58 bits per heavy atom. The summed E-state index contributed by atoms with van der Waals surface area (Å²) in [4.78, 5) is 2.62. The zero-order chi connectivity index (χ0) is 13.8. The molecule has 2 heteroatoms. The van der Waals surface area contributed by atoms with Gasteiger partial charge in [0.05, 0.1) is 0 Å². The average Bonchev–Trinajstić information content (AvgIpc) is 2.89. The van der Waals surface area contributed by atoms with Gasteiger partial charge in [-0.1, -0.05) is 20.8 Å². The number of hydrogen-bond donors (Lipinski definition) is 1. The van der Waals surface area contributed by atoms with E-state index in [4.69, 9.17) is 0 Å². The second-order valence-corrected chi connectivity index (χ2v) is 7.69. The molecule has 0 radical (unpaired) electrons. The van der Waals surface area contributed by atoms with Crippen LogP contribution < -0.4 is 5.32 Å². The molecule has 2 saturated heterocycles. The molecule has 0 aromatic rings. The van der Waals surface area contributed by atoms with E-state index < -0.39 is 0 Å². The van der Waals surface area contributed by atoms with Crippen LogP contribution in [-0.4, -0.2) is 37.1 Å². The molecule has 2 aliphatic rings. The molecule has 1 N–H and O–H groups in total. The Bertz CT molecular complexity index is 258. The van der Waals surface area contributed by atoms with E-state index >= 15 is 0 Å². The molecular formula is C17H34N2. The third kappa shape index (κ3) is 4.75. The Labute approximate surface area is 120 Å². The van der Waals surface area contributed by atoms with Crippen molar-refractivity contribution in [3.63, 3.8) is 0 Å². The Balaban J connectivity index is 1.70. The first kappa shape index (κ1) is 15.3. The van der Waals surface area contributed by atoms with Crippen LogP contribution in [0.5, 0.6) is 0 Å². The van der Waals surface area contributed by atoms with Gasteiger partial charge < -0.3 is 10.2 Å². The molecule has 0 aliphatic carbocycles. The first-order valence-corrected chi connectivity index (χ1v) is 8.48. The maximum Gasteiger partial charge on any atom is 0.00978 e. The summed E-state index contributed by atoms with van der Waals surface area (Å²) in [5, 5.41) is 3.65. The number of nitrogens with one attached hydrogen (secondary N) is 1. The third-order valence-corrected chi connectivity index (χ3v) is 5.10. The minimum atomic E-state index is 0.820. The molecule has 0 saturated carbocycles. The molecule has 19 heavy (non-hydrogen) atoms. The standard InChI is InChI=1S/C17H34N2/c1-13(2)8-17-11-15(12-19(17)4)9-14(3)10-16-6-5-7-18-16/h13-18H,5-12H2,1-4H3/t14?,15?,16-,17+/m0/s1. The third-order valence-electron chi connectivity index (χ3n) is 5.10. The Morgan fingerprint density at radius 2 is 1.95 bits per heavy atom. The summed E-state index contributed by atoms with van der Waals surface area (Å²) < 4.78 is 0. The lowest BCUT2D eigenvalue weighted by Crippen LogP contribution is -2.26. The van der Waals surface area contributed by atoms with Gasteiger partial charge in [-0.05, 0) is 69.9 Å². The van der Waals surface area contributed by atoms with Gasteiger partial charge in [-0.2, -0.15) is 0 Å². The first-order chi connectivity index (χ1) is 9.04. The Morgan fingerprint density at radius 1 is 1.16 bits per heavy atom. The van der Waals surface area contributed by atoms with Crippen molar-refractivity contribution in [2.45, 2.75) is 71.4 Å². The lowest BCUT2D eigenvalue weighted by atomic mass is 9.88. The van der Waals surface area contributed by atoms with Crippen molar-refractivity contribution < 1.29 is 0 Å². The molecule has 0 bridgehead atoms. The fourth-order valence-electron chi connectivity index (χ4n) is 4.30. The van der Waals surface area contributed by atoms with Gasteiger partial charge in [0.1, 0.15) is 0 Å². The van der Waals surface area contributed by atoms with E-state index in [1.165, 1.54) is 51.6 Å². The van der Waals surface area contributed by atoms with Crippen LogP contribution in [0.2, 0.25) is 0 Å². The molecule has 2 aliphatic heterocycles. The minimum absolute atomic E-state index is 0.820. The molecule has 2 rings (SSSR count). The summed E-state index contributed by atoms with van der Waals surface area (Å²) in [5.74, 6) is 2.68. The van der Waals surface area contributed by atoms with Crippen molar-refractivity contribution in [3.05, 3.63) is 0 Å². The van der Waals surface area contributed by atoms with E-state index in [0.717, 1.165) is 29.8 Å². The van der Waals surface area contributed by atoms with Gasteiger partial charge in [-0.25, -0.2) is 0 Å². The predicted octanol–water partition coefficient (Wildman–Crippen LogP) is 3.52. The van der Waals surface area contributed by atoms with Crippen molar-refractivity contribution in [3.8, 4) is 0 Å². The van der Waals surface area contributed by atoms with Gasteiger partial charge in [-0.3, -0.25) is 0 Å². The molecule has 0 aromatic heterocycles. The lowest BCUT2D eigenvalue weighted by Gasteiger charge is -2.20. The van der Waals surface area contributed by atoms with Gasteiger partial charge in [0.25, 0.3) is 0 Å². The fourth-order valence-corrected chi connectivity index (χ4v) is 4.30. The van der Waals surface area contributed by atoms with Crippen molar-refractivity contribution in [1.29, 1.82) is 0 Å². The van der Waals surface area contributed by atoms with Crippen LogP contribution in [-0.2, 0) is 0 Å². The molecule has 2 unspecified atom stereocenters. The summed E-state index contributed by atoms with van der Waals surface area (Å²) in [7, 11) is 2.33. The normalized spacial score (nSPS) is 34.3. The van der Waals surface area contributed by atoms with Gasteiger partial charge >= 0.3 is 0 Å². The highest BCUT2D eigenvalue weighted by molar-refractivity contribution is 4.85. The number of likely N-dealkylation sites (tertiary alicyclic amines) is 1. The van der Waals surface area contributed by atoms with Crippen LogP contribution >= 0.6 is 0 Å². The maximum absolute atomic E-state index is 3.65. The van der Waals surface area contributed by atoms with Gasteiger partial charge in [0.2, 0.25) is 0 Å². The topological polar surface area (TPSA) is 15.3 Å². The molecule has 2 heterocycles. The molecule has 2 fully saturated rings. The minimum Gasteiger partial charge on any atom is -0.314 e. The first-order valence-electron chi connectivity index (χ1n) is 8.48. The predicted molar refractivity (Wildman–Crippen MR) is 83.4 cm³/mol. The SMILES string of the molecule is CC(C)C[C@@H]1CC(CC(C)C[C@@H]2CCCN2)CN1C. The average molecular weight is 266 g/mol. The monoisotopic (exact) mass is 266 g/mol. The maximum atomic E-state index is 3.65. The molecule has 0 spiro atoms. The lowest BCUT2D eigenvalue weighted by molar-refractivity contribution is 0.269. The highest BCUT2D eigenvalue weighted by Gasteiger charge is 2.31. The largest absolute Gasteiger partial charge is 0.314 e. The second kappa shape index (κ2) is 7.08. The number of hydrogen-bond acceptors (Lipinski definition) is 2. The van der Waals surface area contributed by atoms with Crippen LogP contribution in [0.15, 0.2) is 0 Å². The molecule has 112 valence electrons. The van der Waals surface area contributed by atoms with E-state index in [-0.39, 0.29) is 0 Å². The van der Waals surface area contributed by atoms with Gasteiger partial charge in [0.15, 0.2) is 0 Å². The molecule has 4 atom stereocenters. The van der Waals surface area contributed by atoms with E-state index in [9.17, 15) is 0 Å². The zero-order valence-electron chi connectivity index (χ0n) is 13.5. The zero-order valence-corrected chi connectivity index (χ0v) is 13.5. The van der Waals surface area contributed by atoms with Crippen LogP contribution in [0.4, 0.5) is 0 Å². The van der Waals surface area contributed by atoms with Crippen molar-refractivity contribution in [1.82, 2.24) is 10.2 Å². The molecule has 2 nitrogen and oxygen atoms in total. The second-order valence-electron chi connectivity index (χ2n) is 7.69. The Hall–Kier alpha value is -0.0800. The smallest absolute Gasteiger partial charge is 0.00978 e. The Kier molecular flexibility index (Phi) is 5.70. The van der Waals surface area contributed by atoms with Crippen molar-refractivity contribution in [2.24, 2.45) is 17.8 Å². The highest BCUT2D eigenvalue weighted by Crippen LogP contribution is 2.32. The van der Waals surface area contributed by atoms with Gasteiger partial charge in [0, 0.05) is 18.6 Å². The molecular weight excluding hydrogens is 232 g/mol. The highest BCUT2D eigenvalue weighted by atomic mass is 15.2. The van der Waals surface area contributed by atoms with E-state index in [2.05, 4.69) is 38.0 Å². The summed E-state index contributed by atoms with van der Waals surface area (Å²) >= 11 is 0. The van der Waals surface area contributed by atoms with Crippen molar-refractivity contribution in [2.75, 3.05) is 20.1 Å². The van der Waals surface area contributed by atoms with E-state index in [1.54, 1.807) is 0 Å². The van der Waals surface area contributed by atoms with Crippen molar-refractivity contribution >= 4 is 0 Å². The van der Waals surface area contributed by atoms with E-state index in [0.29, 0.717) is 0 Å². The fraction of sp³-hybridized carbons (Fsp3) is 1.00. The van der Waals surface area contributed by atoms with Crippen LogP contribution in [0.3, 0.4) is 0 Å². The summed E-state index contributed by atoms with van der Waals surface area (Å²) in [5.41, 5.74) is 0. The number of rotatable bonds is 6. The molecule has 0 amide bonds. The summed E-state index contributed by atoms with van der Waals surface area (Å²) in [6, 6.07) is 1.67. The summed E-state index contributed by atoms with van der Waals surface area (Å²) in [6.45, 7) is 9.76. The van der Waals surface area contributed by atoms with Crippen LogP contribution in [0, 0.1) is 17.8 Å². The quantitative estimate of drug-likeness (QED) is 0.791.